The third kappa shape index (κ3) is 5.19. The molecule has 0 unspecified atom stereocenters. The lowest BCUT2D eigenvalue weighted by Crippen LogP contribution is -2.35. The van der Waals surface area contributed by atoms with Crippen molar-refractivity contribution in [3.8, 4) is 11.5 Å². The molecule has 0 spiro atoms. The zero-order valence-corrected chi connectivity index (χ0v) is 16.4. The number of thiophene rings is 1. The second-order valence-corrected chi connectivity index (χ2v) is 6.59. The van der Waals surface area contributed by atoms with Crippen LogP contribution in [0.1, 0.15) is 29.1 Å². The standard InChI is InChI=1S/C18H20N2O7S/c1-4-26-16-8-13(14(20(23)24)9-15(16)25-3)18(22)27-11(2)17(21)19-10-12-6-5-7-28-12/h5-9,11H,4,10H2,1-3H3,(H,19,21)/t11-/m0/s1. The molecule has 1 amide bonds. The van der Waals surface area contributed by atoms with Crippen LogP contribution in [0.25, 0.3) is 0 Å². The molecular weight excluding hydrogens is 388 g/mol. The summed E-state index contributed by atoms with van der Waals surface area (Å²) in [6, 6.07) is 5.98. The van der Waals surface area contributed by atoms with Crippen LogP contribution in [0.2, 0.25) is 0 Å². The number of benzene rings is 1. The van der Waals surface area contributed by atoms with Gasteiger partial charge in [0.15, 0.2) is 17.6 Å². The number of methoxy groups -OCH3 is 1. The van der Waals surface area contributed by atoms with Crippen LogP contribution in [-0.4, -0.2) is 36.6 Å². The second-order valence-electron chi connectivity index (χ2n) is 5.56. The molecule has 1 N–H and O–H groups in total. The van der Waals surface area contributed by atoms with Crippen molar-refractivity contribution in [2.75, 3.05) is 13.7 Å². The van der Waals surface area contributed by atoms with Gasteiger partial charge in [-0.05, 0) is 25.3 Å². The van der Waals surface area contributed by atoms with Crippen LogP contribution in [0.4, 0.5) is 5.69 Å². The van der Waals surface area contributed by atoms with Crippen molar-refractivity contribution in [2.45, 2.75) is 26.5 Å². The highest BCUT2D eigenvalue weighted by atomic mass is 32.1. The Kier molecular flexibility index (Phi) is 7.33. The summed E-state index contributed by atoms with van der Waals surface area (Å²) >= 11 is 1.48. The molecule has 0 fully saturated rings. The number of rotatable bonds is 9. The lowest BCUT2D eigenvalue weighted by atomic mass is 10.1. The van der Waals surface area contributed by atoms with Crippen molar-refractivity contribution in [3.05, 3.63) is 50.2 Å². The van der Waals surface area contributed by atoms with Gasteiger partial charge in [0.05, 0.1) is 31.3 Å². The van der Waals surface area contributed by atoms with Gasteiger partial charge in [-0.15, -0.1) is 11.3 Å². The largest absolute Gasteiger partial charge is 0.493 e. The van der Waals surface area contributed by atoms with Gasteiger partial charge in [-0.25, -0.2) is 4.79 Å². The fourth-order valence-electron chi connectivity index (χ4n) is 2.30. The Bertz CT molecular complexity index is 852. The lowest BCUT2D eigenvalue weighted by molar-refractivity contribution is -0.385. The molecule has 1 aromatic heterocycles. The zero-order chi connectivity index (χ0) is 20.7. The van der Waals surface area contributed by atoms with E-state index in [0.29, 0.717) is 6.54 Å². The quantitative estimate of drug-likeness (QED) is 0.385. The van der Waals surface area contributed by atoms with Gasteiger partial charge >= 0.3 is 5.97 Å². The predicted molar refractivity (Wildman–Crippen MR) is 102 cm³/mol. The van der Waals surface area contributed by atoms with E-state index in [0.717, 1.165) is 10.9 Å². The number of nitrogens with one attached hydrogen (secondary N) is 1. The van der Waals surface area contributed by atoms with E-state index in [-0.39, 0.29) is 23.7 Å². The number of nitro groups is 1. The van der Waals surface area contributed by atoms with Crippen molar-refractivity contribution in [2.24, 2.45) is 0 Å². The van der Waals surface area contributed by atoms with Crippen molar-refractivity contribution in [1.29, 1.82) is 0 Å². The number of hydrogen-bond donors (Lipinski definition) is 1. The van der Waals surface area contributed by atoms with Crippen molar-refractivity contribution >= 4 is 28.9 Å². The highest BCUT2D eigenvalue weighted by molar-refractivity contribution is 7.09. The Labute approximate surface area is 165 Å². The molecule has 0 saturated carbocycles. The summed E-state index contributed by atoms with van der Waals surface area (Å²) in [5, 5.41) is 15.9. The Morgan fingerprint density at radius 3 is 2.64 bits per heavy atom. The minimum absolute atomic E-state index is 0.117. The molecule has 150 valence electrons. The van der Waals surface area contributed by atoms with E-state index in [1.807, 2.05) is 17.5 Å². The number of ether oxygens (including phenoxy) is 3. The van der Waals surface area contributed by atoms with Crippen LogP contribution in [-0.2, 0) is 16.1 Å². The maximum atomic E-state index is 12.5. The topological polar surface area (TPSA) is 117 Å². The van der Waals surface area contributed by atoms with Gasteiger partial charge in [0.25, 0.3) is 11.6 Å². The third-order valence-electron chi connectivity index (χ3n) is 3.67. The number of nitro benzene ring substituents is 1. The van der Waals surface area contributed by atoms with E-state index in [4.69, 9.17) is 14.2 Å². The molecule has 0 radical (unpaired) electrons. The first-order valence-electron chi connectivity index (χ1n) is 8.37. The second kappa shape index (κ2) is 9.70. The SMILES string of the molecule is CCOc1cc(C(=O)O[C@@H](C)C(=O)NCc2cccs2)c([N+](=O)[O-])cc1OC. The van der Waals surface area contributed by atoms with Crippen molar-refractivity contribution in [1.82, 2.24) is 5.32 Å². The van der Waals surface area contributed by atoms with Gasteiger partial charge in [0.2, 0.25) is 0 Å². The molecule has 0 saturated heterocycles. The minimum atomic E-state index is -1.13. The van der Waals surface area contributed by atoms with Crippen LogP contribution in [0.15, 0.2) is 29.6 Å². The first-order valence-corrected chi connectivity index (χ1v) is 9.25. The molecule has 0 aliphatic carbocycles. The number of carbonyl (C=O) groups is 2. The van der Waals surface area contributed by atoms with Gasteiger partial charge < -0.3 is 19.5 Å². The number of amides is 1. The van der Waals surface area contributed by atoms with Gasteiger partial charge in [-0.3, -0.25) is 14.9 Å². The molecule has 0 bridgehead atoms. The Morgan fingerprint density at radius 2 is 2.07 bits per heavy atom. The molecule has 9 nitrogen and oxygen atoms in total. The molecule has 2 aromatic rings. The molecule has 1 atom stereocenters. The number of esters is 1. The summed E-state index contributed by atoms with van der Waals surface area (Å²) in [6.45, 7) is 3.68. The van der Waals surface area contributed by atoms with Gasteiger partial charge in [0, 0.05) is 10.9 Å². The number of hydrogen-bond acceptors (Lipinski definition) is 8. The van der Waals surface area contributed by atoms with Crippen molar-refractivity contribution < 1.29 is 28.7 Å². The summed E-state index contributed by atoms with van der Waals surface area (Å²) in [4.78, 5) is 36.2. The normalized spacial score (nSPS) is 11.4. The highest BCUT2D eigenvalue weighted by Gasteiger charge is 2.28. The van der Waals surface area contributed by atoms with E-state index in [1.165, 1.54) is 31.4 Å². The first kappa shape index (κ1) is 21.2. The predicted octanol–water partition coefficient (Wildman–Crippen LogP) is 2.93. The van der Waals surface area contributed by atoms with E-state index in [1.54, 1.807) is 6.92 Å². The van der Waals surface area contributed by atoms with Gasteiger partial charge in [-0.1, -0.05) is 6.07 Å². The summed E-state index contributed by atoms with van der Waals surface area (Å²) in [5.41, 5.74) is -0.830. The fourth-order valence-corrected chi connectivity index (χ4v) is 2.94. The summed E-state index contributed by atoms with van der Waals surface area (Å²) in [6.07, 6.45) is -1.13. The lowest BCUT2D eigenvalue weighted by Gasteiger charge is -2.15. The van der Waals surface area contributed by atoms with E-state index in [9.17, 15) is 19.7 Å². The maximum Gasteiger partial charge on any atom is 0.346 e. The van der Waals surface area contributed by atoms with Crippen LogP contribution in [0.3, 0.4) is 0 Å². The minimum Gasteiger partial charge on any atom is -0.493 e. The highest BCUT2D eigenvalue weighted by Crippen LogP contribution is 2.35. The molecule has 28 heavy (non-hydrogen) atoms. The average Bonchev–Trinajstić information content (AvgIpc) is 3.19. The molecule has 2 rings (SSSR count). The van der Waals surface area contributed by atoms with Gasteiger partial charge in [0.1, 0.15) is 5.56 Å². The average molecular weight is 408 g/mol. The zero-order valence-electron chi connectivity index (χ0n) is 15.6. The van der Waals surface area contributed by atoms with E-state index < -0.39 is 28.6 Å². The molecule has 1 heterocycles. The molecular formula is C18H20N2O7S. The molecule has 0 aliphatic heterocycles. The third-order valence-corrected chi connectivity index (χ3v) is 4.54. The molecule has 0 aliphatic rings. The fraction of sp³-hybridized carbons (Fsp3) is 0.333. The Balaban J connectivity index is 2.15. The Hall–Kier alpha value is -3.14. The monoisotopic (exact) mass is 408 g/mol. The van der Waals surface area contributed by atoms with Crippen LogP contribution in [0, 0.1) is 10.1 Å². The van der Waals surface area contributed by atoms with Crippen LogP contribution >= 0.6 is 11.3 Å². The number of carbonyl (C=O) groups excluding carboxylic acids is 2. The van der Waals surface area contributed by atoms with E-state index in [2.05, 4.69) is 5.32 Å². The van der Waals surface area contributed by atoms with E-state index >= 15 is 0 Å². The summed E-state index contributed by atoms with van der Waals surface area (Å²) < 4.78 is 15.5. The van der Waals surface area contributed by atoms with Crippen LogP contribution in [0.5, 0.6) is 11.5 Å². The smallest absolute Gasteiger partial charge is 0.346 e. The number of nitrogens with zero attached hydrogens (tertiary/aromatic N) is 1. The summed E-state index contributed by atoms with van der Waals surface area (Å²) in [5.74, 6) is -1.23. The van der Waals surface area contributed by atoms with Crippen molar-refractivity contribution in [3.63, 3.8) is 0 Å². The summed E-state index contributed by atoms with van der Waals surface area (Å²) in [7, 11) is 1.33. The Morgan fingerprint density at radius 1 is 1.32 bits per heavy atom. The molecule has 10 heteroatoms. The molecule has 1 aromatic carbocycles. The van der Waals surface area contributed by atoms with Crippen LogP contribution < -0.4 is 14.8 Å². The first-order chi connectivity index (χ1) is 13.4. The maximum absolute atomic E-state index is 12.5. The van der Waals surface area contributed by atoms with Gasteiger partial charge in [-0.2, -0.15) is 0 Å².